The Labute approximate surface area is 177 Å². The molecule has 1 aliphatic carbocycles. The van der Waals surface area contributed by atoms with Gasteiger partial charge in [0.25, 0.3) is 5.91 Å². The van der Waals surface area contributed by atoms with Crippen LogP contribution >= 0.6 is 11.6 Å². The number of alkyl halides is 3. The van der Waals surface area contributed by atoms with E-state index >= 15 is 0 Å². The third-order valence-electron chi connectivity index (χ3n) is 5.69. The lowest BCUT2D eigenvalue weighted by atomic mass is 10.00. The monoisotopic (exact) mass is 442 g/mol. The van der Waals surface area contributed by atoms with E-state index in [0.29, 0.717) is 49.7 Å². The van der Waals surface area contributed by atoms with Crippen molar-refractivity contribution in [2.75, 3.05) is 26.3 Å². The lowest BCUT2D eigenvalue weighted by Gasteiger charge is -2.28. The SMILES string of the molecule is Cc1c(-c2ccc(Cl)cc2)c(C(=O)N2CCOCC2)n(CC2(O)CC2)c1C(F)(F)F. The fraction of sp³-hybridized carbons (Fsp3) is 0.476. The van der Waals surface area contributed by atoms with Crippen LogP contribution in [0.3, 0.4) is 0 Å². The highest BCUT2D eigenvalue weighted by atomic mass is 35.5. The average molecular weight is 443 g/mol. The van der Waals surface area contributed by atoms with Gasteiger partial charge in [-0.3, -0.25) is 4.79 Å². The summed E-state index contributed by atoms with van der Waals surface area (Å²) in [5, 5.41) is 10.9. The second kappa shape index (κ2) is 7.59. The number of hydrogen-bond donors (Lipinski definition) is 1. The molecule has 1 saturated heterocycles. The lowest BCUT2D eigenvalue weighted by Crippen LogP contribution is -2.42. The molecule has 2 aliphatic rings. The predicted octanol–water partition coefficient (Wildman–Crippen LogP) is 4.13. The summed E-state index contributed by atoms with van der Waals surface area (Å²) in [4.78, 5) is 15.0. The number of hydrogen-bond acceptors (Lipinski definition) is 3. The van der Waals surface area contributed by atoms with Crippen molar-refractivity contribution in [3.05, 3.63) is 46.2 Å². The first kappa shape index (κ1) is 21.2. The van der Waals surface area contributed by atoms with Gasteiger partial charge in [-0.05, 0) is 43.0 Å². The van der Waals surface area contributed by atoms with Gasteiger partial charge in [0, 0.05) is 23.7 Å². The normalized spacial score (nSPS) is 18.5. The Hall–Kier alpha value is -2.03. The minimum Gasteiger partial charge on any atom is -0.388 e. The molecule has 9 heteroatoms. The van der Waals surface area contributed by atoms with Gasteiger partial charge in [0.15, 0.2) is 0 Å². The Morgan fingerprint density at radius 2 is 1.80 bits per heavy atom. The van der Waals surface area contributed by atoms with Crippen molar-refractivity contribution in [3.63, 3.8) is 0 Å². The van der Waals surface area contributed by atoms with Crippen molar-refractivity contribution in [1.82, 2.24) is 9.47 Å². The summed E-state index contributed by atoms with van der Waals surface area (Å²) in [5.41, 5.74) is -1.51. The number of aliphatic hydroxyl groups is 1. The Bertz CT molecular complexity index is 959. The topological polar surface area (TPSA) is 54.7 Å². The van der Waals surface area contributed by atoms with Crippen molar-refractivity contribution in [3.8, 4) is 11.1 Å². The van der Waals surface area contributed by atoms with Crippen LogP contribution in [-0.4, -0.2) is 52.4 Å². The second-order valence-electron chi connectivity index (χ2n) is 7.92. The molecule has 0 atom stereocenters. The lowest BCUT2D eigenvalue weighted by molar-refractivity contribution is -0.144. The number of nitrogens with zero attached hydrogens (tertiary/aromatic N) is 2. The number of morpholine rings is 1. The minimum atomic E-state index is -4.68. The molecule has 2 fully saturated rings. The van der Waals surface area contributed by atoms with Crippen LogP contribution in [0.15, 0.2) is 24.3 Å². The summed E-state index contributed by atoms with van der Waals surface area (Å²) in [6.45, 7) is 2.36. The third kappa shape index (κ3) is 3.96. The largest absolute Gasteiger partial charge is 0.431 e. The van der Waals surface area contributed by atoms with Gasteiger partial charge in [-0.2, -0.15) is 13.2 Å². The average Bonchev–Trinajstić information content (AvgIpc) is 3.34. The van der Waals surface area contributed by atoms with Gasteiger partial charge in [0.2, 0.25) is 0 Å². The molecule has 1 aliphatic heterocycles. The summed E-state index contributed by atoms with van der Waals surface area (Å²) in [6, 6.07) is 6.38. The zero-order chi connectivity index (χ0) is 21.7. The molecule has 0 bridgehead atoms. The summed E-state index contributed by atoms with van der Waals surface area (Å²) in [5.74, 6) is -0.494. The van der Waals surface area contributed by atoms with Gasteiger partial charge >= 0.3 is 6.18 Å². The summed E-state index contributed by atoms with van der Waals surface area (Å²) in [7, 11) is 0. The fourth-order valence-corrected chi connectivity index (χ4v) is 4.10. The number of aromatic nitrogens is 1. The number of rotatable bonds is 4. The Morgan fingerprint density at radius 3 is 2.33 bits per heavy atom. The predicted molar refractivity (Wildman–Crippen MR) is 106 cm³/mol. The zero-order valence-corrected chi connectivity index (χ0v) is 17.2. The molecule has 1 aromatic carbocycles. The quantitative estimate of drug-likeness (QED) is 0.774. The molecule has 1 aromatic heterocycles. The standard InChI is InChI=1S/C21H22ClF3N2O3/c1-13-16(14-2-4-15(22)5-3-14)17(19(28)26-8-10-30-11-9-26)27(12-20(29)6-7-20)18(13)21(23,24)25/h2-5,29H,6-12H2,1H3. The maximum absolute atomic E-state index is 14.1. The smallest absolute Gasteiger partial charge is 0.388 e. The molecule has 1 saturated carbocycles. The molecule has 1 amide bonds. The maximum Gasteiger partial charge on any atom is 0.431 e. The highest BCUT2D eigenvalue weighted by Gasteiger charge is 2.47. The Morgan fingerprint density at radius 1 is 1.20 bits per heavy atom. The maximum atomic E-state index is 14.1. The van der Waals surface area contributed by atoms with E-state index in [1.807, 2.05) is 0 Å². The first-order chi connectivity index (χ1) is 14.1. The van der Waals surface area contributed by atoms with Gasteiger partial charge in [0.05, 0.1) is 25.4 Å². The molecule has 0 spiro atoms. The highest BCUT2D eigenvalue weighted by Crippen LogP contribution is 2.45. The fourth-order valence-electron chi connectivity index (χ4n) is 3.97. The molecular formula is C21H22ClF3N2O3. The molecule has 162 valence electrons. The third-order valence-corrected chi connectivity index (χ3v) is 5.94. The molecule has 1 N–H and O–H groups in total. The van der Waals surface area contributed by atoms with E-state index in [-0.39, 0.29) is 23.4 Å². The van der Waals surface area contributed by atoms with Gasteiger partial charge in [-0.15, -0.1) is 0 Å². The van der Waals surface area contributed by atoms with E-state index in [9.17, 15) is 23.1 Å². The summed E-state index contributed by atoms with van der Waals surface area (Å²) < 4.78 is 48.6. The summed E-state index contributed by atoms with van der Waals surface area (Å²) >= 11 is 5.96. The van der Waals surface area contributed by atoms with E-state index < -0.39 is 23.4 Å². The van der Waals surface area contributed by atoms with E-state index in [4.69, 9.17) is 16.3 Å². The van der Waals surface area contributed by atoms with Gasteiger partial charge in [-0.25, -0.2) is 0 Å². The molecular weight excluding hydrogens is 421 g/mol. The van der Waals surface area contributed by atoms with Crippen molar-refractivity contribution in [1.29, 1.82) is 0 Å². The first-order valence-electron chi connectivity index (χ1n) is 9.76. The first-order valence-corrected chi connectivity index (χ1v) is 10.1. The van der Waals surface area contributed by atoms with E-state index in [1.165, 1.54) is 11.8 Å². The van der Waals surface area contributed by atoms with Crippen molar-refractivity contribution >= 4 is 17.5 Å². The van der Waals surface area contributed by atoms with Crippen LogP contribution in [-0.2, 0) is 17.5 Å². The molecule has 30 heavy (non-hydrogen) atoms. The van der Waals surface area contributed by atoms with E-state index in [2.05, 4.69) is 0 Å². The zero-order valence-electron chi connectivity index (χ0n) is 16.4. The number of carbonyl (C=O) groups excluding carboxylic acids is 1. The van der Waals surface area contributed by atoms with Crippen molar-refractivity contribution < 1.29 is 27.8 Å². The van der Waals surface area contributed by atoms with Crippen LogP contribution in [0.2, 0.25) is 5.02 Å². The van der Waals surface area contributed by atoms with Crippen LogP contribution in [0.4, 0.5) is 13.2 Å². The van der Waals surface area contributed by atoms with E-state index in [0.717, 1.165) is 4.57 Å². The minimum absolute atomic E-state index is 0.0364. The highest BCUT2D eigenvalue weighted by molar-refractivity contribution is 6.30. The van der Waals surface area contributed by atoms with Crippen LogP contribution in [0.25, 0.3) is 11.1 Å². The number of benzene rings is 1. The van der Waals surface area contributed by atoms with Gasteiger partial charge < -0.3 is 19.3 Å². The Balaban J connectivity index is 1.95. The molecule has 0 unspecified atom stereocenters. The van der Waals surface area contributed by atoms with E-state index in [1.54, 1.807) is 24.3 Å². The number of ether oxygens (including phenoxy) is 1. The van der Waals surface area contributed by atoms with Crippen LogP contribution in [0.1, 0.15) is 34.6 Å². The summed E-state index contributed by atoms with van der Waals surface area (Å²) in [6.07, 6.45) is -3.87. The van der Waals surface area contributed by atoms with Crippen molar-refractivity contribution in [2.45, 2.75) is 38.1 Å². The Kier molecular flexibility index (Phi) is 5.36. The molecule has 2 heterocycles. The molecule has 5 nitrogen and oxygen atoms in total. The van der Waals surface area contributed by atoms with Crippen LogP contribution in [0, 0.1) is 6.92 Å². The number of halogens is 4. The number of carbonyl (C=O) groups is 1. The van der Waals surface area contributed by atoms with Crippen molar-refractivity contribution in [2.24, 2.45) is 0 Å². The van der Waals surface area contributed by atoms with Crippen LogP contribution < -0.4 is 0 Å². The van der Waals surface area contributed by atoms with Crippen LogP contribution in [0.5, 0.6) is 0 Å². The molecule has 2 aromatic rings. The molecule has 0 radical (unpaired) electrons. The number of amides is 1. The molecule has 4 rings (SSSR count). The van der Waals surface area contributed by atoms with Gasteiger partial charge in [-0.1, -0.05) is 23.7 Å². The van der Waals surface area contributed by atoms with Gasteiger partial charge in [0.1, 0.15) is 11.4 Å². The second-order valence-corrected chi connectivity index (χ2v) is 8.35.